The number of hydrogen-bond donors (Lipinski definition) is 4. The van der Waals surface area contributed by atoms with Gasteiger partial charge >= 0.3 is 0 Å². The van der Waals surface area contributed by atoms with Crippen molar-refractivity contribution in [1.82, 2.24) is 20.0 Å². The van der Waals surface area contributed by atoms with Gasteiger partial charge in [-0.2, -0.15) is 0 Å². The molecule has 5 N–H and O–H groups in total. The average molecular weight is 472 g/mol. The third kappa shape index (κ3) is 5.16. The molecule has 4 aromatic rings. The van der Waals surface area contributed by atoms with E-state index in [0.29, 0.717) is 34.9 Å². The molecule has 0 unspecified atom stereocenters. The number of nitrogens with one attached hydrogen (secondary N) is 2. The molecular formula is C22H22FN5O4S. The Morgan fingerprint density at radius 2 is 1.91 bits per heavy atom. The fourth-order valence-electron chi connectivity index (χ4n) is 3.19. The Hall–Kier alpha value is -3.83. The second kappa shape index (κ2) is 10.7. The molecule has 33 heavy (non-hydrogen) atoms. The third-order valence-corrected chi connectivity index (χ3v) is 5.77. The molecular weight excluding hydrogens is 449 g/mol. The standard InChI is InChI=1S/C21H20FN5O2S.CH2O2/c1-24-19(28)12-3-5-14(15(22)9-12)16-11-27-17-6-4-13(20(29)25-8-2-7-23)10-18(17)30-21(27)26-16;2-1-3/h3-6,9-11H,2,7-8,23H2,1H3,(H,24,28)(H,25,29);1H,(H,2,3). The number of nitrogens with zero attached hydrogens (tertiary/aromatic N) is 2. The summed E-state index contributed by atoms with van der Waals surface area (Å²) in [5, 5.41) is 12.2. The van der Waals surface area contributed by atoms with Crippen molar-refractivity contribution in [3.8, 4) is 11.3 Å². The fraction of sp³-hybridized carbons (Fsp3) is 0.182. The molecule has 2 heterocycles. The highest BCUT2D eigenvalue weighted by Gasteiger charge is 2.16. The summed E-state index contributed by atoms with van der Waals surface area (Å²) >= 11 is 1.42. The summed E-state index contributed by atoms with van der Waals surface area (Å²) in [7, 11) is 1.50. The highest BCUT2D eigenvalue weighted by atomic mass is 32.1. The number of benzene rings is 2. The third-order valence-electron chi connectivity index (χ3n) is 4.76. The van der Waals surface area contributed by atoms with Crippen molar-refractivity contribution in [2.75, 3.05) is 20.1 Å². The van der Waals surface area contributed by atoms with Crippen LogP contribution in [0.1, 0.15) is 27.1 Å². The predicted molar refractivity (Wildman–Crippen MR) is 124 cm³/mol. The molecule has 0 bridgehead atoms. The van der Waals surface area contributed by atoms with E-state index in [1.807, 2.05) is 16.5 Å². The molecule has 0 radical (unpaired) electrons. The Morgan fingerprint density at radius 1 is 1.21 bits per heavy atom. The summed E-state index contributed by atoms with van der Waals surface area (Å²) in [4.78, 5) is 37.5. The van der Waals surface area contributed by atoms with Crippen LogP contribution in [0, 0.1) is 5.82 Å². The van der Waals surface area contributed by atoms with Crippen molar-refractivity contribution in [3.05, 3.63) is 59.5 Å². The largest absolute Gasteiger partial charge is 0.483 e. The Labute approximate surface area is 192 Å². The molecule has 0 saturated heterocycles. The monoisotopic (exact) mass is 471 g/mol. The number of hydrogen-bond acceptors (Lipinski definition) is 6. The zero-order valence-electron chi connectivity index (χ0n) is 17.7. The first-order valence-corrected chi connectivity index (χ1v) is 10.7. The van der Waals surface area contributed by atoms with Gasteiger partial charge in [-0.15, -0.1) is 0 Å². The topological polar surface area (TPSA) is 139 Å². The maximum absolute atomic E-state index is 14.6. The molecule has 4 rings (SSSR count). The minimum absolute atomic E-state index is 0.143. The lowest BCUT2D eigenvalue weighted by Gasteiger charge is -2.04. The molecule has 0 spiro atoms. The van der Waals surface area contributed by atoms with E-state index in [4.69, 9.17) is 15.6 Å². The fourth-order valence-corrected chi connectivity index (χ4v) is 4.23. The van der Waals surface area contributed by atoms with Gasteiger partial charge in [0.15, 0.2) is 4.96 Å². The van der Waals surface area contributed by atoms with Crippen molar-refractivity contribution in [3.63, 3.8) is 0 Å². The molecule has 0 aliphatic carbocycles. The second-order valence-corrected chi connectivity index (χ2v) is 7.85. The first-order chi connectivity index (χ1) is 15.9. The van der Waals surface area contributed by atoms with Crippen LogP contribution < -0.4 is 16.4 Å². The highest BCUT2D eigenvalue weighted by molar-refractivity contribution is 7.23. The molecule has 0 aliphatic heterocycles. The molecule has 2 amide bonds. The lowest BCUT2D eigenvalue weighted by atomic mass is 10.1. The minimum Gasteiger partial charge on any atom is -0.483 e. The van der Waals surface area contributed by atoms with Gasteiger partial charge in [-0.3, -0.25) is 18.8 Å². The van der Waals surface area contributed by atoms with Gasteiger partial charge in [0.2, 0.25) is 0 Å². The number of carbonyl (C=O) groups is 3. The van der Waals surface area contributed by atoms with E-state index in [2.05, 4.69) is 15.6 Å². The number of nitrogens with two attached hydrogens (primary N) is 1. The number of thiazole rings is 1. The molecule has 0 fully saturated rings. The Morgan fingerprint density at radius 3 is 2.58 bits per heavy atom. The molecule has 9 nitrogen and oxygen atoms in total. The van der Waals surface area contributed by atoms with Crippen LogP contribution in [0.4, 0.5) is 4.39 Å². The number of aromatic nitrogens is 2. The number of imidazole rings is 1. The van der Waals surface area contributed by atoms with Gasteiger partial charge < -0.3 is 21.5 Å². The lowest BCUT2D eigenvalue weighted by Crippen LogP contribution is -2.25. The molecule has 0 aliphatic rings. The zero-order chi connectivity index (χ0) is 24.0. The van der Waals surface area contributed by atoms with Gasteiger partial charge in [-0.25, -0.2) is 9.37 Å². The normalized spacial score (nSPS) is 10.5. The van der Waals surface area contributed by atoms with Crippen molar-refractivity contribution >= 4 is 44.8 Å². The Balaban J connectivity index is 0.000000968. The second-order valence-electron chi connectivity index (χ2n) is 6.84. The number of fused-ring (bicyclic) bond motifs is 3. The van der Waals surface area contributed by atoms with Gasteiger partial charge in [-0.1, -0.05) is 11.3 Å². The average Bonchev–Trinajstić information content (AvgIpc) is 3.36. The van der Waals surface area contributed by atoms with Crippen molar-refractivity contribution in [2.45, 2.75) is 6.42 Å². The van der Waals surface area contributed by atoms with Crippen LogP contribution in [0.15, 0.2) is 42.6 Å². The van der Waals surface area contributed by atoms with Crippen molar-refractivity contribution < 1.29 is 23.9 Å². The number of halogens is 1. The number of amides is 2. The van der Waals surface area contributed by atoms with Crippen LogP contribution in [-0.2, 0) is 4.79 Å². The van der Waals surface area contributed by atoms with Gasteiger partial charge in [-0.05, 0) is 49.4 Å². The van der Waals surface area contributed by atoms with E-state index < -0.39 is 5.82 Å². The van der Waals surface area contributed by atoms with Crippen LogP contribution in [0.25, 0.3) is 26.4 Å². The highest BCUT2D eigenvalue weighted by Crippen LogP contribution is 2.31. The van der Waals surface area contributed by atoms with Crippen LogP contribution in [0.5, 0.6) is 0 Å². The van der Waals surface area contributed by atoms with Gasteiger partial charge in [0.1, 0.15) is 5.82 Å². The summed E-state index contributed by atoms with van der Waals surface area (Å²) in [6, 6.07) is 9.76. The molecule has 11 heteroatoms. The summed E-state index contributed by atoms with van der Waals surface area (Å²) in [6.07, 6.45) is 2.48. The van der Waals surface area contributed by atoms with E-state index in [9.17, 15) is 14.0 Å². The molecule has 172 valence electrons. The van der Waals surface area contributed by atoms with E-state index in [1.54, 1.807) is 24.4 Å². The smallest absolute Gasteiger partial charge is 0.290 e. The maximum Gasteiger partial charge on any atom is 0.290 e. The minimum atomic E-state index is -0.511. The first-order valence-electron chi connectivity index (χ1n) is 9.93. The Kier molecular flexibility index (Phi) is 7.70. The zero-order valence-corrected chi connectivity index (χ0v) is 18.5. The van der Waals surface area contributed by atoms with Gasteiger partial charge in [0.25, 0.3) is 18.3 Å². The maximum atomic E-state index is 14.6. The summed E-state index contributed by atoms with van der Waals surface area (Å²) < 4.78 is 17.4. The quantitative estimate of drug-likeness (QED) is 0.252. The molecule has 0 saturated carbocycles. The van der Waals surface area contributed by atoms with Crippen LogP contribution in [0.2, 0.25) is 0 Å². The van der Waals surface area contributed by atoms with E-state index in [-0.39, 0.29) is 23.9 Å². The molecule has 0 atom stereocenters. The molecule has 2 aromatic heterocycles. The van der Waals surface area contributed by atoms with Crippen molar-refractivity contribution in [1.29, 1.82) is 0 Å². The lowest BCUT2D eigenvalue weighted by molar-refractivity contribution is -0.122. The van der Waals surface area contributed by atoms with E-state index >= 15 is 0 Å². The SMILES string of the molecule is CNC(=O)c1ccc(-c2cn3c(n2)sc2cc(C(=O)NCCCN)ccc23)c(F)c1.O=CO. The van der Waals surface area contributed by atoms with Crippen LogP contribution >= 0.6 is 11.3 Å². The first kappa shape index (κ1) is 23.8. The van der Waals surface area contributed by atoms with Crippen LogP contribution in [0.3, 0.4) is 0 Å². The molecule has 2 aromatic carbocycles. The number of carboxylic acid groups (broad SMARTS) is 1. The summed E-state index contributed by atoms with van der Waals surface area (Å²) in [5.74, 6) is -1.00. The summed E-state index contributed by atoms with van der Waals surface area (Å²) in [5.41, 5.74) is 7.96. The number of rotatable bonds is 6. The van der Waals surface area contributed by atoms with Crippen LogP contribution in [-0.4, -0.2) is 52.9 Å². The van der Waals surface area contributed by atoms with E-state index in [1.165, 1.54) is 24.5 Å². The predicted octanol–water partition coefficient (Wildman–Crippen LogP) is 2.49. The Bertz CT molecular complexity index is 1320. The van der Waals surface area contributed by atoms with E-state index in [0.717, 1.165) is 16.6 Å². The number of carbonyl (C=O) groups excluding carboxylic acids is 2. The van der Waals surface area contributed by atoms with Crippen molar-refractivity contribution in [2.24, 2.45) is 5.73 Å². The van der Waals surface area contributed by atoms with Gasteiger partial charge in [0.05, 0.1) is 15.9 Å². The summed E-state index contributed by atoms with van der Waals surface area (Å²) in [6.45, 7) is 0.813. The van der Waals surface area contributed by atoms with Gasteiger partial charge in [0, 0.05) is 36.5 Å².